The molecule has 0 saturated heterocycles. The number of aryl methyl sites for hydroxylation is 1. The van der Waals surface area contributed by atoms with Crippen molar-refractivity contribution in [2.45, 2.75) is 6.92 Å². The Labute approximate surface area is 109 Å². The summed E-state index contributed by atoms with van der Waals surface area (Å²) in [5.74, 6) is -0.0116. The summed E-state index contributed by atoms with van der Waals surface area (Å²) < 4.78 is 0.636. The Balaban J connectivity index is 2.10. The van der Waals surface area contributed by atoms with E-state index < -0.39 is 0 Å². The number of ketones is 1. The molecule has 0 amide bonds. The van der Waals surface area contributed by atoms with Gasteiger partial charge < -0.3 is 0 Å². The number of rotatable bonds is 3. The molecule has 1 aromatic heterocycles. The Morgan fingerprint density at radius 3 is 2.47 bits per heavy atom. The maximum Gasteiger partial charge on any atom is 0.195 e. The van der Waals surface area contributed by atoms with Gasteiger partial charge in [-0.05, 0) is 30.7 Å². The Bertz CT molecular complexity index is 552. The van der Waals surface area contributed by atoms with Crippen molar-refractivity contribution < 1.29 is 4.79 Å². The third kappa shape index (κ3) is 3.29. The minimum Gasteiger partial charge on any atom is -0.288 e. The fourth-order valence-electron chi connectivity index (χ4n) is 1.38. The summed E-state index contributed by atoms with van der Waals surface area (Å²) >= 11 is 7.08. The van der Waals surface area contributed by atoms with Gasteiger partial charge in [0.1, 0.15) is 0 Å². The SMILES string of the molecule is Cc1ccc(/C=C/C(=O)c2ccc(Cl)s2)cc1. The fourth-order valence-corrected chi connectivity index (χ4v) is 2.34. The molecule has 17 heavy (non-hydrogen) atoms. The molecule has 0 bridgehead atoms. The summed E-state index contributed by atoms with van der Waals surface area (Å²) in [6.45, 7) is 2.03. The van der Waals surface area contributed by atoms with E-state index in [0.29, 0.717) is 9.21 Å². The molecular formula is C14H11ClOS. The molecule has 0 atom stereocenters. The van der Waals surface area contributed by atoms with Crippen molar-refractivity contribution in [2.24, 2.45) is 0 Å². The van der Waals surface area contributed by atoms with Crippen molar-refractivity contribution >= 4 is 34.8 Å². The van der Waals surface area contributed by atoms with Gasteiger partial charge >= 0.3 is 0 Å². The van der Waals surface area contributed by atoms with Crippen LogP contribution in [0.1, 0.15) is 20.8 Å². The van der Waals surface area contributed by atoms with Crippen LogP contribution < -0.4 is 0 Å². The average Bonchev–Trinajstić information content (AvgIpc) is 2.75. The maximum atomic E-state index is 11.8. The zero-order valence-corrected chi connectivity index (χ0v) is 10.9. The van der Waals surface area contributed by atoms with Crippen molar-refractivity contribution in [3.8, 4) is 0 Å². The maximum absolute atomic E-state index is 11.8. The lowest BCUT2D eigenvalue weighted by molar-refractivity contribution is 0.105. The van der Waals surface area contributed by atoms with E-state index in [1.54, 1.807) is 18.2 Å². The van der Waals surface area contributed by atoms with E-state index in [0.717, 1.165) is 5.56 Å². The fraction of sp³-hybridized carbons (Fsp3) is 0.0714. The Kier molecular flexibility index (Phi) is 3.77. The minimum absolute atomic E-state index is 0.0116. The first-order chi connectivity index (χ1) is 8.15. The van der Waals surface area contributed by atoms with Crippen LogP contribution in [0.2, 0.25) is 4.34 Å². The van der Waals surface area contributed by atoms with Gasteiger partial charge in [-0.1, -0.05) is 47.5 Å². The summed E-state index contributed by atoms with van der Waals surface area (Å²) in [6.07, 6.45) is 3.39. The highest BCUT2D eigenvalue weighted by molar-refractivity contribution is 7.18. The summed E-state index contributed by atoms with van der Waals surface area (Å²) in [4.78, 5) is 12.4. The van der Waals surface area contributed by atoms with Crippen molar-refractivity contribution in [1.29, 1.82) is 0 Å². The molecular weight excluding hydrogens is 252 g/mol. The highest BCUT2D eigenvalue weighted by atomic mass is 35.5. The molecule has 2 aromatic rings. The van der Waals surface area contributed by atoms with E-state index in [1.165, 1.54) is 16.9 Å². The Morgan fingerprint density at radius 1 is 1.18 bits per heavy atom. The molecule has 2 rings (SSSR count). The second-order valence-corrected chi connectivity index (χ2v) is 5.43. The monoisotopic (exact) mass is 262 g/mol. The third-order valence-electron chi connectivity index (χ3n) is 2.32. The summed E-state index contributed by atoms with van der Waals surface area (Å²) in [7, 11) is 0. The van der Waals surface area contributed by atoms with Crippen molar-refractivity contribution in [1.82, 2.24) is 0 Å². The molecule has 0 saturated carbocycles. The lowest BCUT2D eigenvalue weighted by atomic mass is 10.1. The minimum atomic E-state index is -0.0116. The van der Waals surface area contributed by atoms with Crippen LogP contribution in [0.25, 0.3) is 6.08 Å². The number of carbonyl (C=O) groups excluding carboxylic acids is 1. The summed E-state index contributed by atoms with van der Waals surface area (Å²) in [5, 5.41) is 0. The van der Waals surface area contributed by atoms with E-state index in [4.69, 9.17) is 11.6 Å². The zero-order valence-electron chi connectivity index (χ0n) is 9.31. The molecule has 1 aromatic carbocycles. The van der Waals surface area contributed by atoms with E-state index in [9.17, 15) is 4.79 Å². The highest BCUT2D eigenvalue weighted by Gasteiger charge is 2.04. The molecule has 0 aliphatic heterocycles. The van der Waals surface area contributed by atoms with Crippen LogP contribution in [0.15, 0.2) is 42.5 Å². The van der Waals surface area contributed by atoms with E-state index in [2.05, 4.69) is 0 Å². The van der Waals surface area contributed by atoms with Gasteiger partial charge in [0.15, 0.2) is 5.78 Å². The van der Waals surface area contributed by atoms with Gasteiger partial charge in [-0.15, -0.1) is 11.3 Å². The topological polar surface area (TPSA) is 17.1 Å². The lowest BCUT2D eigenvalue weighted by Crippen LogP contribution is -1.88. The Hall–Kier alpha value is -1.38. The summed E-state index contributed by atoms with van der Waals surface area (Å²) in [5.41, 5.74) is 2.23. The van der Waals surface area contributed by atoms with E-state index in [-0.39, 0.29) is 5.78 Å². The van der Waals surface area contributed by atoms with Crippen molar-refractivity contribution in [3.05, 3.63) is 62.8 Å². The molecule has 1 nitrogen and oxygen atoms in total. The number of benzene rings is 1. The molecule has 0 spiro atoms. The van der Waals surface area contributed by atoms with Gasteiger partial charge in [-0.3, -0.25) is 4.79 Å². The molecule has 0 aliphatic carbocycles. The predicted molar refractivity (Wildman–Crippen MR) is 73.9 cm³/mol. The van der Waals surface area contributed by atoms with Gasteiger partial charge in [0.2, 0.25) is 0 Å². The molecule has 3 heteroatoms. The van der Waals surface area contributed by atoms with Gasteiger partial charge in [0.25, 0.3) is 0 Å². The third-order valence-corrected chi connectivity index (χ3v) is 3.57. The predicted octanol–water partition coefficient (Wildman–Crippen LogP) is 4.61. The number of halogens is 1. The first kappa shape index (κ1) is 12.1. The number of allylic oxidation sites excluding steroid dienone is 1. The smallest absolute Gasteiger partial charge is 0.195 e. The quantitative estimate of drug-likeness (QED) is 0.583. The number of hydrogen-bond donors (Lipinski definition) is 0. The second-order valence-electron chi connectivity index (χ2n) is 3.71. The van der Waals surface area contributed by atoms with Crippen LogP contribution >= 0.6 is 22.9 Å². The van der Waals surface area contributed by atoms with E-state index in [1.807, 2.05) is 37.3 Å². The van der Waals surface area contributed by atoms with Crippen LogP contribution in [0, 0.1) is 6.92 Å². The molecule has 86 valence electrons. The van der Waals surface area contributed by atoms with E-state index >= 15 is 0 Å². The lowest BCUT2D eigenvalue weighted by Gasteiger charge is -1.94. The van der Waals surface area contributed by atoms with Crippen LogP contribution in [0.3, 0.4) is 0 Å². The normalized spacial score (nSPS) is 10.9. The molecule has 0 radical (unpaired) electrons. The van der Waals surface area contributed by atoms with Gasteiger partial charge in [0.05, 0.1) is 9.21 Å². The number of carbonyl (C=O) groups is 1. The molecule has 0 fully saturated rings. The number of thiophene rings is 1. The average molecular weight is 263 g/mol. The van der Waals surface area contributed by atoms with Crippen LogP contribution in [-0.4, -0.2) is 5.78 Å². The van der Waals surface area contributed by atoms with Crippen molar-refractivity contribution in [3.63, 3.8) is 0 Å². The van der Waals surface area contributed by atoms with Gasteiger partial charge in [-0.2, -0.15) is 0 Å². The van der Waals surface area contributed by atoms with Gasteiger partial charge in [-0.25, -0.2) is 0 Å². The zero-order chi connectivity index (χ0) is 12.3. The first-order valence-corrected chi connectivity index (χ1v) is 6.39. The Morgan fingerprint density at radius 2 is 1.88 bits per heavy atom. The van der Waals surface area contributed by atoms with Crippen molar-refractivity contribution in [2.75, 3.05) is 0 Å². The largest absolute Gasteiger partial charge is 0.288 e. The van der Waals surface area contributed by atoms with Gasteiger partial charge in [0, 0.05) is 0 Å². The first-order valence-electron chi connectivity index (χ1n) is 5.19. The standard InChI is InChI=1S/C14H11ClOS/c1-10-2-4-11(5-3-10)6-7-12(16)13-8-9-14(15)17-13/h2-9H,1H3/b7-6+. The highest BCUT2D eigenvalue weighted by Crippen LogP contribution is 2.22. The molecule has 0 unspecified atom stereocenters. The van der Waals surface area contributed by atoms with Crippen LogP contribution in [0.4, 0.5) is 0 Å². The molecule has 0 aliphatic rings. The molecule has 0 N–H and O–H groups in total. The summed E-state index contributed by atoms with van der Waals surface area (Å²) in [6, 6.07) is 11.5. The second kappa shape index (κ2) is 5.30. The van der Waals surface area contributed by atoms with Crippen LogP contribution in [-0.2, 0) is 0 Å². The number of hydrogen-bond acceptors (Lipinski definition) is 2. The van der Waals surface area contributed by atoms with Crippen LogP contribution in [0.5, 0.6) is 0 Å². The molecule has 1 heterocycles.